The summed E-state index contributed by atoms with van der Waals surface area (Å²) in [7, 11) is -2.61. The number of rotatable bonds is 4. The second-order valence-corrected chi connectivity index (χ2v) is 9.48. The molecule has 1 aromatic rings. The van der Waals surface area contributed by atoms with Gasteiger partial charge < -0.3 is 28.8 Å². The summed E-state index contributed by atoms with van der Waals surface area (Å²) in [5, 5.41) is 9.66. The number of carbonyl (C=O) groups is 1. The molecule has 1 atom stereocenters. The number of nitrogens with zero attached hydrogens (tertiary/aromatic N) is 1. The second-order valence-electron chi connectivity index (χ2n) is 7.59. The van der Waals surface area contributed by atoms with E-state index in [0.29, 0.717) is 19.0 Å². The molecule has 1 aromatic carbocycles. The molecule has 3 aliphatic rings. The fraction of sp³-hybridized carbons (Fsp3) is 0.611. The maximum Gasteiger partial charge on any atom is 0.322 e. The van der Waals surface area contributed by atoms with Crippen LogP contribution in [0.1, 0.15) is 6.42 Å². The summed E-state index contributed by atoms with van der Waals surface area (Å²) in [4.78, 5) is 11.8. The summed E-state index contributed by atoms with van der Waals surface area (Å²) in [5.74, 6) is -2.07. The summed E-state index contributed by atoms with van der Waals surface area (Å²) in [6.07, 6.45) is -0.102. The minimum atomic E-state index is -4.08. The summed E-state index contributed by atoms with van der Waals surface area (Å²) in [6.45, 7) is 1.27. The van der Waals surface area contributed by atoms with Crippen LogP contribution in [0.15, 0.2) is 29.2 Å². The van der Waals surface area contributed by atoms with E-state index in [1.165, 1.54) is 31.4 Å². The number of carboxylic acids is 1. The van der Waals surface area contributed by atoms with Gasteiger partial charge in [0.2, 0.25) is 10.0 Å². The fourth-order valence-electron chi connectivity index (χ4n) is 3.80. The van der Waals surface area contributed by atoms with Gasteiger partial charge in [-0.2, -0.15) is 4.31 Å². The maximum atomic E-state index is 13.1. The van der Waals surface area contributed by atoms with Crippen LogP contribution < -0.4 is 4.74 Å². The first-order valence-corrected chi connectivity index (χ1v) is 10.6. The molecular formula is C18H23NO9S. The molecule has 3 saturated heterocycles. The molecule has 3 aliphatic heterocycles. The minimum Gasteiger partial charge on any atom is -0.497 e. The molecule has 0 bridgehead atoms. The summed E-state index contributed by atoms with van der Waals surface area (Å²) >= 11 is 0. The standard InChI is InChI=1S/C18H23NO9S/c1-24-13-2-4-14(5-3-13)29(22,23)19-7-18(6-15(19)16(20)21)27-10-17(11-28-18)8-25-12-26-9-17/h2-5,15H,6-12H2,1H3,(H,20,21)/t15-/m1/s1. The van der Waals surface area contributed by atoms with Crippen LogP contribution in [0.2, 0.25) is 0 Å². The average molecular weight is 429 g/mol. The van der Waals surface area contributed by atoms with Gasteiger partial charge in [-0.15, -0.1) is 0 Å². The smallest absolute Gasteiger partial charge is 0.322 e. The van der Waals surface area contributed by atoms with E-state index in [-0.39, 0.29) is 37.9 Å². The number of ether oxygens (including phenoxy) is 5. The fourth-order valence-corrected chi connectivity index (χ4v) is 5.42. The third kappa shape index (κ3) is 3.74. The topological polar surface area (TPSA) is 121 Å². The Morgan fingerprint density at radius 1 is 1.14 bits per heavy atom. The Bertz CT molecular complexity index is 854. The van der Waals surface area contributed by atoms with Crippen molar-refractivity contribution in [2.24, 2.45) is 5.41 Å². The van der Waals surface area contributed by atoms with E-state index in [4.69, 9.17) is 23.7 Å². The molecular weight excluding hydrogens is 406 g/mol. The zero-order valence-corrected chi connectivity index (χ0v) is 16.7. The van der Waals surface area contributed by atoms with E-state index in [2.05, 4.69) is 0 Å². The van der Waals surface area contributed by atoms with Gasteiger partial charge in [0.05, 0.1) is 50.4 Å². The molecule has 0 aliphatic carbocycles. The molecule has 160 valence electrons. The molecule has 4 rings (SSSR count). The number of aliphatic carboxylic acids is 1. The zero-order chi connectivity index (χ0) is 20.7. The number of hydrogen-bond donors (Lipinski definition) is 1. The van der Waals surface area contributed by atoms with Gasteiger partial charge in [0.1, 0.15) is 18.6 Å². The molecule has 0 saturated carbocycles. The highest BCUT2D eigenvalue weighted by Gasteiger charge is 2.57. The quantitative estimate of drug-likeness (QED) is 0.719. The van der Waals surface area contributed by atoms with E-state index in [0.717, 1.165) is 4.31 Å². The largest absolute Gasteiger partial charge is 0.497 e. The highest BCUT2D eigenvalue weighted by Crippen LogP contribution is 2.41. The van der Waals surface area contributed by atoms with Gasteiger partial charge >= 0.3 is 5.97 Å². The van der Waals surface area contributed by atoms with Crippen LogP contribution in [0.25, 0.3) is 0 Å². The van der Waals surface area contributed by atoms with Crippen LogP contribution in [0.3, 0.4) is 0 Å². The molecule has 0 aromatic heterocycles. The van der Waals surface area contributed by atoms with Crippen LogP contribution in [0.5, 0.6) is 5.75 Å². The third-order valence-electron chi connectivity index (χ3n) is 5.47. The van der Waals surface area contributed by atoms with Gasteiger partial charge in [0.25, 0.3) is 0 Å². The SMILES string of the molecule is COc1ccc(S(=O)(=O)N2CC3(C[C@@H]2C(=O)O)OCC2(COCOC2)CO3)cc1. The predicted molar refractivity (Wildman–Crippen MR) is 96.8 cm³/mol. The van der Waals surface area contributed by atoms with Gasteiger partial charge in [-0.1, -0.05) is 0 Å². The van der Waals surface area contributed by atoms with Crippen molar-refractivity contribution in [2.45, 2.75) is 23.1 Å². The third-order valence-corrected chi connectivity index (χ3v) is 7.33. The van der Waals surface area contributed by atoms with Crippen molar-refractivity contribution in [1.82, 2.24) is 4.31 Å². The minimum absolute atomic E-state index is 0.0250. The highest BCUT2D eigenvalue weighted by molar-refractivity contribution is 7.89. The molecule has 2 spiro atoms. The van der Waals surface area contributed by atoms with Crippen molar-refractivity contribution < 1.29 is 42.0 Å². The van der Waals surface area contributed by atoms with Crippen LogP contribution in [-0.4, -0.2) is 82.5 Å². The van der Waals surface area contributed by atoms with Crippen molar-refractivity contribution in [3.05, 3.63) is 24.3 Å². The first kappa shape index (κ1) is 20.5. The van der Waals surface area contributed by atoms with Gasteiger partial charge in [-0.25, -0.2) is 8.42 Å². The van der Waals surface area contributed by atoms with Crippen molar-refractivity contribution in [1.29, 1.82) is 0 Å². The Morgan fingerprint density at radius 3 is 2.31 bits per heavy atom. The predicted octanol–water partition coefficient (Wildman–Crippen LogP) is 0.277. The van der Waals surface area contributed by atoms with Crippen molar-refractivity contribution in [3.63, 3.8) is 0 Å². The first-order valence-electron chi connectivity index (χ1n) is 9.11. The van der Waals surface area contributed by atoms with Crippen molar-refractivity contribution in [3.8, 4) is 5.75 Å². The summed E-state index contributed by atoms with van der Waals surface area (Å²) < 4.78 is 54.8. The normalized spacial score (nSPS) is 26.6. The Morgan fingerprint density at radius 2 is 1.76 bits per heavy atom. The Hall–Kier alpha value is -1.76. The summed E-state index contributed by atoms with van der Waals surface area (Å²) in [6, 6.07) is 4.48. The molecule has 0 amide bonds. The van der Waals surface area contributed by atoms with Gasteiger partial charge in [0.15, 0.2) is 5.79 Å². The summed E-state index contributed by atoms with van der Waals surface area (Å²) in [5.41, 5.74) is -0.468. The molecule has 3 heterocycles. The van der Waals surface area contributed by atoms with E-state index in [1.54, 1.807) is 0 Å². The maximum absolute atomic E-state index is 13.1. The van der Waals surface area contributed by atoms with Gasteiger partial charge in [-0.3, -0.25) is 4.79 Å². The van der Waals surface area contributed by atoms with Crippen LogP contribution in [0, 0.1) is 5.41 Å². The Labute approximate surface area is 168 Å². The van der Waals surface area contributed by atoms with Crippen LogP contribution in [-0.2, 0) is 33.8 Å². The number of hydrogen-bond acceptors (Lipinski definition) is 8. The van der Waals surface area contributed by atoms with Crippen LogP contribution >= 0.6 is 0 Å². The second kappa shape index (κ2) is 7.49. The molecule has 0 unspecified atom stereocenters. The number of benzene rings is 1. The van der Waals surface area contributed by atoms with Crippen LogP contribution in [0.4, 0.5) is 0 Å². The lowest BCUT2D eigenvalue weighted by molar-refractivity contribution is -0.324. The lowest BCUT2D eigenvalue weighted by atomic mass is 9.90. The lowest BCUT2D eigenvalue weighted by Gasteiger charge is -2.45. The monoisotopic (exact) mass is 429 g/mol. The van der Waals surface area contributed by atoms with E-state index < -0.39 is 33.2 Å². The molecule has 1 N–H and O–H groups in total. The Kier molecular flexibility index (Phi) is 5.30. The molecule has 10 nitrogen and oxygen atoms in total. The zero-order valence-electron chi connectivity index (χ0n) is 15.9. The Balaban J connectivity index is 1.56. The number of methoxy groups -OCH3 is 1. The molecule has 11 heteroatoms. The van der Waals surface area contributed by atoms with E-state index >= 15 is 0 Å². The highest BCUT2D eigenvalue weighted by atomic mass is 32.2. The molecule has 29 heavy (non-hydrogen) atoms. The van der Waals surface area contributed by atoms with Crippen molar-refractivity contribution in [2.75, 3.05) is 46.9 Å². The lowest BCUT2D eigenvalue weighted by Crippen LogP contribution is -2.56. The number of carboxylic acid groups (broad SMARTS) is 1. The molecule has 0 radical (unpaired) electrons. The van der Waals surface area contributed by atoms with E-state index in [9.17, 15) is 18.3 Å². The van der Waals surface area contributed by atoms with E-state index in [1.807, 2.05) is 0 Å². The first-order chi connectivity index (χ1) is 13.8. The molecule has 3 fully saturated rings. The van der Waals surface area contributed by atoms with Crippen molar-refractivity contribution >= 4 is 16.0 Å². The number of sulfonamides is 1. The van der Waals surface area contributed by atoms with Gasteiger partial charge in [0, 0.05) is 6.42 Å². The average Bonchev–Trinajstić information content (AvgIpc) is 3.12. The van der Waals surface area contributed by atoms with Gasteiger partial charge in [-0.05, 0) is 24.3 Å².